The molecule has 0 amide bonds. The van der Waals surface area contributed by atoms with E-state index in [9.17, 15) is 0 Å². The first-order valence-electron chi connectivity index (χ1n) is 13.6. The van der Waals surface area contributed by atoms with Gasteiger partial charge in [0.1, 0.15) is 0 Å². The summed E-state index contributed by atoms with van der Waals surface area (Å²) in [6.07, 6.45) is 7.70. The fourth-order valence-electron chi connectivity index (χ4n) is 4.68. The number of aromatic nitrogens is 2. The van der Waals surface area contributed by atoms with Crippen LogP contribution in [0.4, 0.5) is 0 Å². The minimum atomic E-state index is 1.17. The number of aryl methyl sites for hydroxylation is 2. The van der Waals surface area contributed by atoms with Crippen molar-refractivity contribution in [2.45, 2.75) is 69.2 Å². The Hall–Kier alpha value is -3.52. The molecule has 6 rings (SSSR count). The Bertz CT molecular complexity index is 1230. The first-order valence-corrected chi connectivity index (χ1v) is 13.6. The van der Waals surface area contributed by atoms with Gasteiger partial charge in [-0.3, -0.25) is 9.97 Å². The number of nitrogens with zero attached hydrogens (tertiary/aromatic N) is 2. The minimum absolute atomic E-state index is 1.17. The van der Waals surface area contributed by atoms with Gasteiger partial charge in [0.05, 0.1) is 0 Å². The van der Waals surface area contributed by atoms with Crippen molar-refractivity contribution in [3.63, 3.8) is 0 Å². The molecular weight excluding hydrogens is 436 g/mol. The third kappa shape index (κ3) is 5.04. The van der Waals surface area contributed by atoms with Gasteiger partial charge in [0.2, 0.25) is 0 Å². The monoisotopic (exact) mass is 478 g/mol. The zero-order chi connectivity index (χ0) is 26.8. The molecular formula is C34H42N2. The van der Waals surface area contributed by atoms with Gasteiger partial charge in [-0.15, -0.1) is 0 Å². The molecule has 0 spiro atoms. The Morgan fingerprint density at radius 1 is 0.389 bits per heavy atom. The quantitative estimate of drug-likeness (QED) is 0.217. The van der Waals surface area contributed by atoms with Crippen LogP contribution in [0.15, 0.2) is 73.3 Å². The SMILES string of the molecule is CC.CC.CC.CC.Cc1ccc2c(c1)-c1cc(C)ccc1C2=C1c2ccncc2-c2cnccc21. The number of fused-ring (bicyclic) bond motifs is 6. The molecule has 0 fully saturated rings. The van der Waals surface area contributed by atoms with Crippen LogP contribution in [0.5, 0.6) is 0 Å². The maximum atomic E-state index is 4.38. The smallest absolute Gasteiger partial charge is 0.0353 e. The van der Waals surface area contributed by atoms with Crippen molar-refractivity contribution in [3.05, 3.63) is 107 Å². The van der Waals surface area contributed by atoms with Gasteiger partial charge in [0.15, 0.2) is 0 Å². The Balaban J connectivity index is 0.000000523. The largest absolute Gasteiger partial charge is 0.264 e. The molecule has 2 heterocycles. The van der Waals surface area contributed by atoms with E-state index in [0.29, 0.717) is 0 Å². The molecule has 188 valence electrons. The van der Waals surface area contributed by atoms with Crippen LogP contribution < -0.4 is 0 Å². The first kappa shape index (κ1) is 28.7. The second-order valence-electron chi connectivity index (χ2n) is 7.69. The molecule has 0 aliphatic heterocycles. The van der Waals surface area contributed by atoms with Crippen molar-refractivity contribution in [3.8, 4) is 22.3 Å². The lowest BCUT2D eigenvalue weighted by molar-refractivity contribution is 1.30. The molecule has 4 aromatic rings. The van der Waals surface area contributed by atoms with Crippen LogP contribution in [0, 0.1) is 13.8 Å². The van der Waals surface area contributed by atoms with E-state index in [4.69, 9.17) is 0 Å². The highest BCUT2D eigenvalue weighted by Crippen LogP contribution is 2.53. The highest BCUT2D eigenvalue weighted by molar-refractivity contribution is 6.18. The van der Waals surface area contributed by atoms with E-state index in [2.05, 4.69) is 72.3 Å². The summed E-state index contributed by atoms with van der Waals surface area (Å²) < 4.78 is 0. The van der Waals surface area contributed by atoms with Gasteiger partial charge in [-0.2, -0.15) is 0 Å². The zero-order valence-corrected chi connectivity index (χ0v) is 23.8. The lowest BCUT2D eigenvalue weighted by Gasteiger charge is -2.11. The topological polar surface area (TPSA) is 25.8 Å². The van der Waals surface area contributed by atoms with Crippen LogP contribution in [0.1, 0.15) is 88.8 Å². The summed E-state index contributed by atoms with van der Waals surface area (Å²) in [5.41, 5.74) is 15.3. The van der Waals surface area contributed by atoms with Crippen LogP contribution in [0.2, 0.25) is 0 Å². The summed E-state index contributed by atoms with van der Waals surface area (Å²) in [5.74, 6) is 0. The Morgan fingerprint density at radius 2 is 0.722 bits per heavy atom. The minimum Gasteiger partial charge on any atom is -0.264 e. The zero-order valence-electron chi connectivity index (χ0n) is 23.8. The molecule has 2 aromatic carbocycles. The summed E-state index contributed by atoms with van der Waals surface area (Å²) in [7, 11) is 0. The van der Waals surface area contributed by atoms with Crippen molar-refractivity contribution in [2.75, 3.05) is 0 Å². The molecule has 0 N–H and O–H groups in total. The Kier molecular flexibility index (Phi) is 10.8. The van der Waals surface area contributed by atoms with Crippen LogP contribution in [-0.2, 0) is 0 Å². The lowest BCUT2D eigenvalue weighted by atomic mass is 9.92. The highest BCUT2D eigenvalue weighted by atomic mass is 14.7. The normalized spacial score (nSPS) is 10.9. The molecule has 2 aliphatic rings. The second-order valence-corrected chi connectivity index (χ2v) is 7.69. The first-order chi connectivity index (χ1) is 17.7. The van der Waals surface area contributed by atoms with Crippen molar-refractivity contribution in [1.29, 1.82) is 0 Å². The van der Waals surface area contributed by atoms with Gasteiger partial charge in [0, 0.05) is 35.9 Å². The van der Waals surface area contributed by atoms with E-state index >= 15 is 0 Å². The molecule has 2 heteroatoms. The van der Waals surface area contributed by atoms with Crippen molar-refractivity contribution >= 4 is 11.1 Å². The Morgan fingerprint density at radius 3 is 1.08 bits per heavy atom. The van der Waals surface area contributed by atoms with E-state index in [1.165, 1.54) is 66.8 Å². The summed E-state index contributed by atoms with van der Waals surface area (Å²) in [5, 5.41) is 0. The van der Waals surface area contributed by atoms with Crippen LogP contribution in [-0.4, -0.2) is 9.97 Å². The molecule has 0 radical (unpaired) electrons. The molecule has 0 saturated heterocycles. The second kappa shape index (κ2) is 13.5. The fraction of sp³-hybridized carbons (Fsp3) is 0.294. The standard InChI is InChI=1S/C26H18N2.4C2H6/c1-15-3-5-17-21(11-15)22-12-16(2)4-6-18(22)25(17)26-19-7-9-27-13-23(19)24-14-28-10-8-20(24)26;4*1-2/h3-14H,1-2H3;4*1-2H3. The van der Waals surface area contributed by atoms with Crippen molar-refractivity contribution in [2.24, 2.45) is 0 Å². The molecule has 36 heavy (non-hydrogen) atoms. The van der Waals surface area contributed by atoms with Gasteiger partial charge in [0.25, 0.3) is 0 Å². The number of hydrogen-bond donors (Lipinski definition) is 0. The molecule has 0 saturated carbocycles. The summed E-state index contributed by atoms with van der Waals surface area (Å²) in [6, 6.07) is 17.9. The van der Waals surface area contributed by atoms with Gasteiger partial charge < -0.3 is 0 Å². The lowest BCUT2D eigenvalue weighted by Crippen LogP contribution is -1.91. The van der Waals surface area contributed by atoms with E-state index < -0.39 is 0 Å². The van der Waals surface area contributed by atoms with Gasteiger partial charge in [-0.1, -0.05) is 103 Å². The number of benzene rings is 2. The van der Waals surface area contributed by atoms with Gasteiger partial charge in [-0.25, -0.2) is 0 Å². The highest BCUT2D eigenvalue weighted by Gasteiger charge is 2.32. The van der Waals surface area contributed by atoms with Crippen LogP contribution in [0.3, 0.4) is 0 Å². The Labute approximate surface area is 219 Å². The average molecular weight is 479 g/mol. The molecule has 2 nitrogen and oxygen atoms in total. The molecule has 0 bridgehead atoms. The number of rotatable bonds is 0. The van der Waals surface area contributed by atoms with E-state index in [1.807, 2.05) is 80.2 Å². The molecule has 2 aromatic heterocycles. The maximum absolute atomic E-state index is 4.38. The number of hydrogen-bond acceptors (Lipinski definition) is 2. The summed E-state index contributed by atoms with van der Waals surface area (Å²) >= 11 is 0. The fourth-order valence-corrected chi connectivity index (χ4v) is 4.68. The van der Waals surface area contributed by atoms with Crippen molar-refractivity contribution < 1.29 is 0 Å². The molecule has 0 unspecified atom stereocenters. The number of pyridine rings is 2. The summed E-state index contributed by atoms with van der Waals surface area (Å²) in [6.45, 7) is 20.3. The average Bonchev–Trinajstić information content (AvgIpc) is 3.45. The predicted molar refractivity (Wildman–Crippen MR) is 159 cm³/mol. The van der Waals surface area contributed by atoms with E-state index in [1.54, 1.807) is 0 Å². The van der Waals surface area contributed by atoms with Crippen molar-refractivity contribution in [1.82, 2.24) is 9.97 Å². The van der Waals surface area contributed by atoms with E-state index in [-0.39, 0.29) is 0 Å². The van der Waals surface area contributed by atoms with E-state index in [0.717, 1.165) is 0 Å². The predicted octanol–water partition coefficient (Wildman–Crippen LogP) is 10.2. The van der Waals surface area contributed by atoms with Gasteiger partial charge >= 0.3 is 0 Å². The van der Waals surface area contributed by atoms with Crippen LogP contribution in [0.25, 0.3) is 33.4 Å². The molecule has 0 atom stereocenters. The van der Waals surface area contributed by atoms with Gasteiger partial charge in [-0.05, 0) is 70.5 Å². The third-order valence-electron chi connectivity index (χ3n) is 5.90. The summed E-state index contributed by atoms with van der Waals surface area (Å²) in [4.78, 5) is 8.76. The maximum Gasteiger partial charge on any atom is 0.0353 e. The van der Waals surface area contributed by atoms with Crippen LogP contribution >= 0.6 is 0 Å². The third-order valence-corrected chi connectivity index (χ3v) is 5.90. The molecule has 2 aliphatic carbocycles.